The summed E-state index contributed by atoms with van der Waals surface area (Å²) in [5.41, 5.74) is 7.26. The van der Waals surface area contributed by atoms with Crippen LogP contribution in [0.4, 0.5) is 0 Å². The Labute approximate surface area is 301 Å². The van der Waals surface area contributed by atoms with Crippen molar-refractivity contribution in [3.8, 4) is 0 Å². The molecule has 7 atom stereocenters. The van der Waals surface area contributed by atoms with Crippen LogP contribution in [0.1, 0.15) is 44.0 Å². The van der Waals surface area contributed by atoms with E-state index in [0.717, 1.165) is 27.9 Å². The third-order valence-electron chi connectivity index (χ3n) is 8.65. The van der Waals surface area contributed by atoms with Gasteiger partial charge in [-0.05, 0) is 50.6 Å². The minimum Gasteiger partial charge on any atom is -0.480 e. The van der Waals surface area contributed by atoms with E-state index in [-0.39, 0.29) is 30.7 Å². The highest BCUT2D eigenvalue weighted by Gasteiger charge is 2.39. The number of fused-ring (bicyclic) bond motifs is 7. The number of hydrogen-bond acceptors (Lipinski definition) is 14. The predicted molar refractivity (Wildman–Crippen MR) is 196 cm³/mol. The van der Waals surface area contributed by atoms with E-state index in [2.05, 4.69) is 25.3 Å². The van der Waals surface area contributed by atoms with Crippen molar-refractivity contribution < 1.29 is 29.0 Å². The molecule has 0 aliphatic carbocycles. The number of carbonyl (C=O) groups is 3. The molecule has 6 bridgehead atoms. The molecule has 266 valence electrons. The Morgan fingerprint density at radius 2 is 1.71 bits per heavy atom. The summed E-state index contributed by atoms with van der Waals surface area (Å²) in [5.74, 6) is -0.211. The van der Waals surface area contributed by atoms with Gasteiger partial charge in [0.1, 0.15) is 39.5 Å². The molecule has 0 radical (unpaired) electrons. The van der Waals surface area contributed by atoms with Gasteiger partial charge >= 0.3 is 17.9 Å². The summed E-state index contributed by atoms with van der Waals surface area (Å²) in [7, 11) is 1.99. The third-order valence-corrected chi connectivity index (χ3v) is 11.2. The highest BCUT2D eigenvalue weighted by Crippen LogP contribution is 2.23. The van der Waals surface area contributed by atoms with Crippen LogP contribution in [0.25, 0.3) is 0 Å². The number of aliphatic carboxylic acids is 1. The van der Waals surface area contributed by atoms with Gasteiger partial charge in [-0.3, -0.25) is 34.1 Å². The van der Waals surface area contributed by atoms with E-state index in [9.17, 15) is 14.4 Å². The van der Waals surface area contributed by atoms with Gasteiger partial charge in [0.15, 0.2) is 0 Å². The number of thioether (sulfide) groups is 2. The van der Waals surface area contributed by atoms with Crippen molar-refractivity contribution in [2.45, 2.75) is 76.0 Å². The number of hydrogen-bond donors (Lipinski definition) is 4. The molecule has 3 aliphatic heterocycles. The number of aromatic nitrogens is 1. The fourth-order valence-electron chi connectivity index (χ4n) is 6.05. The zero-order valence-corrected chi connectivity index (χ0v) is 30.8. The van der Waals surface area contributed by atoms with Crippen molar-refractivity contribution in [2.75, 3.05) is 57.9 Å². The normalized spacial score (nSPS) is 27.0. The van der Waals surface area contributed by atoms with Gasteiger partial charge in [-0.15, -0.1) is 0 Å². The minimum atomic E-state index is -1.04. The molecular formula is C31H47N7O6S4. The Kier molecular flexibility index (Phi) is 15.6. The van der Waals surface area contributed by atoms with Crippen LogP contribution in [0.2, 0.25) is 0 Å². The number of rotatable bonds is 11. The van der Waals surface area contributed by atoms with Gasteiger partial charge in [0, 0.05) is 57.6 Å². The topological polar surface area (TPSA) is 163 Å². The second-order valence-electron chi connectivity index (χ2n) is 12.1. The molecule has 0 saturated carbocycles. The molecule has 6 unspecified atom stereocenters. The quantitative estimate of drug-likeness (QED) is 0.190. The van der Waals surface area contributed by atoms with Crippen molar-refractivity contribution in [1.82, 2.24) is 30.3 Å². The highest BCUT2D eigenvalue weighted by atomic mass is 32.2. The second kappa shape index (κ2) is 19.3. The molecule has 2 saturated heterocycles. The molecule has 5 N–H and O–H groups in total. The maximum absolute atomic E-state index is 13.5. The van der Waals surface area contributed by atoms with Crippen molar-refractivity contribution in [1.29, 1.82) is 0 Å². The van der Waals surface area contributed by atoms with Crippen molar-refractivity contribution in [3.05, 3.63) is 29.6 Å². The summed E-state index contributed by atoms with van der Waals surface area (Å²) >= 11 is 13.7. The Balaban J connectivity index is 1.47. The van der Waals surface area contributed by atoms with Crippen LogP contribution in [0, 0.1) is 0 Å². The predicted octanol–water partition coefficient (Wildman–Crippen LogP) is 1.43. The zero-order chi connectivity index (χ0) is 34.6. The van der Waals surface area contributed by atoms with Crippen LogP contribution in [0.5, 0.6) is 0 Å². The summed E-state index contributed by atoms with van der Waals surface area (Å²) in [6.07, 6.45) is 1.74. The average molecular weight is 742 g/mol. The van der Waals surface area contributed by atoms with Crippen molar-refractivity contribution >= 4 is 74.5 Å². The minimum absolute atomic E-state index is 0.0509. The van der Waals surface area contributed by atoms with Gasteiger partial charge in [0.05, 0.1) is 11.4 Å². The van der Waals surface area contributed by atoms with E-state index in [4.69, 9.17) is 49.7 Å². The Bertz CT molecular complexity index is 1300. The van der Waals surface area contributed by atoms with E-state index in [0.29, 0.717) is 75.1 Å². The zero-order valence-electron chi connectivity index (χ0n) is 27.5. The summed E-state index contributed by atoms with van der Waals surface area (Å²) in [6, 6.07) is 4.01. The van der Waals surface area contributed by atoms with Gasteiger partial charge in [-0.2, -0.15) is 0 Å². The number of ether oxygens (including phenoxy) is 2. The number of morpholine rings is 1. The monoisotopic (exact) mass is 741 g/mol. The van der Waals surface area contributed by atoms with Crippen molar-refractivity contribution in [2.24, 2.45) is 5.73 Å². The Hall–Kier alpha value is -2.12. The molecule has 0 amide bonds. The Morgan fingerprint density at radius 3 is 2.38 bits per heavy atom. The van der Waals surface area contributed by atoms with Crippen LogP contribution < -0.4 is 16.4 Å². The molecule has 1 aromatic rings. The van der Waals surface area contributed by atoms with E-state index < -0.39 is 24.1 Å². The number of carboxylic acid groups (broad SMARTS) is 1. The summed E-state index contributed by atoms with van der Waals surface area (Å²) in [6.45, 7) is 6.00. The van der Waals surface area contributed by atoms with Crippen LogP contribution in [-0.2, 0) is 36.9 Å². The SMILES string of the molecule is CCSC(=S)NCCC1C(=O)OC2CN(C)C3CCN(Cc4cccc(n4)CN1C2)C(CCNC(=S)SCC[C@H](N)C(=O)O)C(=O)OC3. The van der Waals surface area contributed by atoms with Gasteiger partial charge < -0.3 is 30.9 Å². The summed E-state index contributed by atoms with van der Waals surface area (Å²) in [4.78, 5) is 49.3. The van der Waals surface area contributed by atoms with Gasteiger partial charge in [0.25, 0.3) is 0 Å². The first kappa shape index (κ1) is 38.7. The fourth-order valence-corrected chi connectivity index (χ4v) is 8.09. The van der Waals surface area contributed by atoms with Crippen molar-refractivity contribution in [3.63, 3.8) is 0 Å². The van der Waals surface area contributed by atoms with Crippen LogP contribution in [0.15, 0.2) is 18.2 Å². The molecule has 1 aromatic heterocycles. The van der Waals surface area contributed by atoms with Crippen LogP contribution in [-0.4, -0.2) is 139 Å². The molecule has 3 aliphatic rings. The van der Waals surface area contributed by atoms with E-state index >= 15 is 0 Å². The summed E-state index contributed by atoms with van der Waals surface area (Å²) in [5, 5.41) is 15.4. The first-order chi connectivity index (χ1) is 23.0. The van der Waals surface area contributed by atoms with E-state index in [1.165, 1.54) is 11.8 Å². The largest absolute Gasteiger partial charge is 0.480 e. The molecule has 4 heterocycles. The molecule has 17 heteroatoms. The number of thiocarbonyl (C=S) groups is 2. The van der Waals surface area contributed by atoms with E-state index in [1.54, 1.807) is 11.8 Å². The molecular weight excluding hydrogens is 695 g/mol. The fraction of sp³-hybridized carbons (Fsp3) is 0.677. The average Bonchev–Trinajstić information content (AvgIpc) is 3.02. The van der Waals surface area contributed by atoms with Crippen LogP contribution in [0.3, 0.4) is 0 Å². The number of pyridine rings is 1. The maximum Gasteiger partial charge on any atom is 0.323 e. The summed E-state index contributed by atoms with van der Waals surface area (Å²) < 4.78 is 13.1. The van der Waals surface area contributed by atoms with Crippen LogP contribution >= 0.6 is 48.0 Å². The smallest absolute Gasteiger partial charge is 0.323 e. The van der Waals surface area contributed by atoms with Gasteiger partial charge in [-0.1, -0.05) is 60.9 Å². The molecule has 48 heavy (non-hydrogen) atoms. The number of carbonyl (C=O) groups excluding carboxylic acids is 2. The molecule has 0 spiro atoms. The number of likely N-dealkylation sites (N-methyl/N-ethyl adjacent to an activating group) is 1. The number of nitrogens with zero attached hydrogens (tertiary/aromatic N) is 4. The first-order valence-corrected chi connectivity index (χ1v) is 19.1. The maximum atomic E-state index is 13.5. The highest BCUT2D eigenvalue weighted by molar-refractivity contribution is 8.23. The molecule has 4 rings (SSSR count). The number of esters is 2. The molecule has 0 aromatic carbocycles. The van der Waals surface area contributed by atoms with Gasteiger partial charge in [0.2, 0.25) is 0 Å². The lowest BCUT2D eigenvalue weighted by molar-refractivity contribution is -0.169. The molecule has 2 fully saturated rings. The lowest BCUT2D eigenvalue weighted by Crippen LogP contribution is -2.57. The Morgan fingerprint density at radius 1 is 1.06 bits per heavy atom. The standard InChI is InChI=1S/C31H47N7O6S4/c1-3-47-30(45)33-12-8-26-29(42)44-23-17-36(2)22-9-13-37(15-20-5-4-6-21(35-20)16-38(26)18-23)25(28(41)43-19-22)7-11-34-31(46)48-14-10-24(32)27(39)40/h4-6,22-26H,3,7-19,32H2,1-2H3,(H,33,45)(H,34,46)(H,39,40)/t22?,23?,24-,25?,26?/m0/s1. The second-order valence-corrected chi connectivity index (χ2v) is 15.9. The number of cyclic esters (lactones) is 1. The first-order valence-electron chi connectivity index (χ1n) is 16.3. The molecule has 13 nitrogen and oxygen atoms in total. The van der Waals surface area contributed by atoms with E-state index in [1.807, 2.05) is 32.2 Å². The van der Waals surface area contributed by atoms with Gasteiger partial charge in [-0.25, -0.2) is 0 Å². The number of nitrogens with one attached hydrogen (secondary N) is 2. The lowest BCUT2D eigenvalue weighted by Gasteiger charge is -2.42. The third kappa shape index (κ3) is 11.7. The number of carboxylic acids is 1. The number of nitrogens with two attached hydrogens (primary N) is 1. The lowest BCUT2D eigenvalue weighted by atomic mass is 10.0.